The summed E-state index contributed by atoms with van der Waals surface area (Å²) in [5.74, 6) is -0.00263. The molecule has 2 unspecified atom stereocenters. The lowest BCUT2D eigenvalue weighted by Gasteiger charge is -2.37. The number of rotatable bonds is 9. The lowest BCUT2D eigenvalue weighted by Crippen LogP contribution is -2.51. The summed E-state index contributed by atoms with van der Waals surface area (Å²) in [6, 6.07) is 14.7. The van der Waals surface area contributed by atoms with E-state index < -0.39 is 5.54 Å². The van der Waals surface area contributed by atoms with E-state index in [1.807, 2.05) is 51.1 Å². The number of carbonyl (C=O) groups excluding carboxylic acids is 2. The predicted molar refractivity (Wildman–Crippen MR) is 134 cm³/mol. The van der Waals surface area contributed by atoms with Crippen LogP contribution in [0.15, 0.2) is 53.5 Å². The van der Waals surface area contributed by atoms with Crippen molar-refractivity contribution in [3.05, 3.63) is 65.2 Å². The summed E-state index contributed by atoms with van der Waals surface area (Å²) < 4.78 is 5.22. The van der Waals surface area contributed by atoms with Crippen molar-refractivity contribution in [2.45, 2.75) is 51.7 Å². The first-order valence-corrected chi connectivity index (χ1v) is 11.5. The van der Waals surface area contributed by atoms with E-state index in [0.29, 0.717) is 24.3 Å². The molecule has 0 radical (unpaired) electrons. The van der Waals surface area contributed by atoms with E-state index in [2.05, 4.69) is 10.3 Å². The van der Waals surface area contributed by atoms with E-state index in [1.165, 1.54) is 4.90 Å². The second-order valence-corrected chi connectivity index (χ2v) is 9.28. The molecule has 1 heterocycles. The minimum atomic E-state index is -0.515. The van der Waals surface area contributed by atoms with E-state index in [4.69, 9.17) is 16.2 Å². The van der Waals surface area contributed by atoms with E-state index in [1.54, 1.807) is 25.3 Å². The zero-order chi connectivity index (χ0) is 24.9. The summed E-state index contributed by atoms with van der Waals surface area (Å²) >= 11 is 0. The third-order valence-electron chi connectivity index (χ3n) is 6.52. The average Bonchev–Trinajstić information content (AvgIpc) is 2.80. The molecule has 34 heavy (non-hydrogen) atoms. The lowest BCUT2D eigenvalue weighted by molar-refractivity contribution is -0.130. The van der Waals surface area contributed by atoms with Crippen LogP contribution in [0.25, 0.3) is 0 Å². The van der Waals surface area contributed by atoms with Gasteiger partial charge in [0.2, 0.25) is 5.91 Å². The van der Waals surface area contributed by atoms with E-state index >= 15 is 0 Å². The van der Waals surface area contributed by atoms with Gasteiger partial charge >= 0.3 is 0 Å². The van der Waals surface area contributed by atoms with Crippen LogP contribution in [0.3, 0.4) is 0 Å². The Bertz CT molecular complexity index is 1050. The van der Waals surface area contributed by atoms with Gasteiger partial charge in [-0.2, -0.15) is 0 Å². The minimum Gasteiger partial charge on any atom is -0.398 e. The molecule has 2 atom stereocenters. The van der Waals surface area contributed by atoms with Crippen molar-refractivity contribution in [2.24, 2.45) is 16.6 Å². The van der Waals surface area contributed by atoms with Crippen molar-refractivity contribution in [1.82, 2.24) is 10.2 Å². The average molecular weight is 466 g/mol. The summed E-state index contributed by atoms with van der Waals surface area (Å²) in [5, 5.41) is 3.07. The van der Waals surface area contributed by atoms with Crippen LogP contribution < -0.4 is 16.8 Å². The fourth-order valence-corrected chi connectivity index (χ4v) is 3.95. The number of methoxy groups -OCH3 is 1. The van der Waals surface area contributed by atoms with Crippen LogP contribution in [0.1, 0.15) is 61.1 Å². The van der Waals surface area contributed by atoms with Crippen LogP contribution in [-0.2, 0) is 16.1 Å². The quantitative estimate of drug-likeness (QED) is 0.491. The van der Waals surface area contributed by atoms with E-state index in [9.17, 15) is 9.59 Å². The van der Waals surface area contributed by atoms with Crippen molar-refractivity contribution in [1.29, 1.82) is 0 Å². The Balaban J connectivity index is 1.80. The first-order chi connectivity index (χ1) is 16.1. The van der Waals surface area contributed by atoms with Gasteiger partial charge in [-0.3, -0.25) is 14.5 Å². The molecular weight excluding hydrogens is 430 g/mol. The Kier molecular flexibility index (Phi) is 7.94. The molecule has 2 aromatic carbocycles. The number of anilines is 1. The van der Waals surface area contributed by atoms with Gasteiger partial charge in [0.1, 0.15) is 0 Å². The monoisotopic (exact) mass is 465 g/mol. The van der Waals surface area contributed by atoms with Gasteiger partial charge in [0, 0.05) is 19.4 Å². The van der Waals surface area contributed by atoms with E-state index in [-0.39, 0.29) is 42.7 Å². The molecule has 2 amide bonds. The Labute approximate surface area is 201 Å². The third-order valence-corrected chi connectivity index (χ3v) is 6.52. The normalized spacial score (nSPS) is 19.1. The number of nitrogens with one attached hydrogen (secondary N) is 1. The molecule has 1 aliphatic heterocycles. The highest BCUT2D eigenvalue weighted by molar-refractivity contribution is 6.00. The van der Waals surface area contributed by atoms with Gasteiger partial charge in [-0.25, -0.2) is 4.99 Å². The fraction of sp³-hybridized carbons (Fsp3) is 0.423. The summed E-state index contributed by atoms with van der Waals surface area (Å²) in [5.41, 5.74) is 14.2. The molecule has 0 saturated carbocycles. The van der Waals surface area contributed by atoms with Crippen molar-refractivity contribution in [2.75, 3.05) is 19.5 Å². The number of amides is 2. The summed E-state index contributed by atoms with van der Waals surface area (Å²) in [6.07, 6.45) is 0.904. The Morgan fingerprint density at radius 3 is 2.53 bits per heavy atom. The fourth-order valence-electron chi connectivity index (χ4n) is 3.95. The number of nitrogens with zero attached hydrogens (tertiary/aromatic N) is 2. The number of ether oxygens (including phenoxy) is 1. The smallest absolute Gasteiger partial charge is 0.253 e. The molecule has 2 aromatic rings. The first kappa shape index (κ1) is 25.2. The van der Waals surface area contributed by atoms with Crippen LogP contribution in [-0.4, -0.2) is 41.9 Å². The van der Waals surface area contributed by atoms with Gasteiger partial charge in [0.15, 0.2) is 5.96 Å². The number of guanidine groups is 1. The standard InChI is InChI=1S/C26H35N5O3/c1-17(2)26(3)15-23(32)31(25(28)30-26)16-18-10-11-21(27)20(14-18)24(33)29-22(12-13-34-4)19-8-6-5-7-9-19/h5-11,14,17,22H,12-13,15-16,27H2,1-4H3,(H2,28,30)(H,29,33). The number of nitrogen functional groups attached to an aromatic ring is 1. The highest BCUT2D eigenvalue weighted by Gasteiger charge is 2.38. The molecule has 8 heteroatoms. The molecule has 1 aliphatic rings. The number of hydrogen-bond donors (Lipinski definition) is 3. The van der Waals surface area contributed by atoms with Crippen molar-refractivity contribution in [3.8, 4) is 0 Å². The number of carbonyl (C=O) groups is 2. The molecule has 0 aromatic heterocycles. The topological polar surface area (TPSA) is 123 Å². The summed E-state index contributed by atoms with van der Waals surface area (Å²) in [6.45, 7) is 6.72. The number of benzene rings is 2. The highest BCUT2D eigenvalue weighted by Crippen LogP contribution is 2.30. The summed E-state index contributed by atoms with van der Waals surface area (Å²) in [4.78, 5) is 32.1. The number of hydrogen-bond acceptors (Lipinski definition) is 6. The number of nitrogens with two attached hydrogens (primary N) is 2. The molecule has 8 nitrogen and oxygen atoms in total. The first-order valence-electron chi connectivity index (χ1n) is 11.5. The molecule has 0 bridgehead atoms. The van der Waals surface area contributed by atoms with Gasteiger partial charge in [-0.05, 0) is 42.5 Å². The van der Waals surface area contributed by atoms with Gasteiger partial charge in [0.05, 0.1) is 30.1 Å². The maximum absolute atomic E-state index is 13.2. The molecule has 0 fully saturated rings. The maximum Gasteiger partial charge on any atom is 0.253 e. The Morgan fingerprint density at radius 1 is 1.21 bits per heavy atom. The second kappa shape index (κ2) is 10.7. The summed E-state index contributed by atoms with van der Waals surface area (Å²) in [7, 11) is 1.63. The second-order valence-electron chi connectivity index (χ2n) is 9.28. The molecule has 0 aliphatic carbocycles. The zero-order valence-corrected chi connectivity index (χ0v) is 20.4. The molecular formula is C26H35N5O3. The SMILES string of the molecule is COCCC(NC(=O)c1cc(CN2C(=O)CC(C)(C(C)C)N=C2N)ccc1N)c1ccccc1. The van der Waals surface area contributed by atoms with Gasteiger partial charge in [0.25, 0.3) is 5.91 Å². The maximum atomic E-state index is 13.2. The predicted octanol–water partition coefficient (Wildman–Crippen LogP) is 3.24. The van der Waals surface area contributed by atoms with Crippen molar-refractivity contribution in [3.63, 3.8) is 0 Å². The molecule has 0 spiro atoms. The van der Waals surface area contributed by atoms with Crippen LogP contribution in [0.4, 0.5) is 5.69 Å². The third kappa shape index (κ3) is 5.75. The largest absolute Gasteiger partial charge is 0.398 e. The number of aliphatic imine (C=N–C) groups is 1. The Hall–Kier alpha value is -3.39. The van der Waals surface area contributed by atoms with Crippen LogP contribution in [0.5, 0.6) is 0 Å². The molecule has 5 N–H and O–H groups in total. The van der Waals surface area contributed by atoms with Gasteiger partial charge < -0.3 is 21.5 Å². The highest BCUT2D eigenvalue weighted by atomic mass is 16.5. The van der Waals surface area contributed by atoms with Crippen LogP contribution in [0.2, 0.25) is 0 Å². The lowest BCUT2D eigenvalue weighted by atomic mass is 9.84. The van der Waals surface area contributed by atoms with Crippen LogP contribution in [0, 0.1) is 5.92 Å². The van der Waals surface area contributed by atoms with Gasteiger partial charge in [-0.15, -0.1) is 0 Å². The molecule has 3 rings (SSSR count). The van der Waals surface area contributed by atoms with E-state index in [0.717, 1.165) is 11.1 Å². The van der Waals surface area contributed by atoms with Crippen LogP contribution >= 0.6 is 0 Å². The Morgan fingerprint density at radius 2 is 1.91 bits per heavy atom. The molecule has 182 valence electrons. The minimum absolute atomic E-state index is 0.0877. The van der Waals surface area contributed by atoms with Crippen molar-refractivity contribution < 1.29 is 14.3 Å². The van der Waals surface area contributed by atoms with Crippen molar-refractivity contribution >= 4 is 23.5 Å². The van der Waals surface area contributed by atoms with Gasteiger partial charge in [-0.1, -0.05) is 50.2 Å². The zero-order valence-electron chi connectivity index (χ0n) is 20.4. The molecule has 0 saturated heterocycles.